The van der Waals surface area contributed by atoms with Crippen LogP contribution in [-0.4, -0.2) is 9.97 Å². The fraction of sp³-hybridized carbons (Fsp3) is 0.250. The molecule has 2 nitrogen and oxygen atoms in total. The van der Waals surface area contributed by atoms with Gasteiger partial charge in [-0.15, -0.1) is 0 Å². The van der Waals surface area contributed by atoms with Gasteiger partial charge in [0, 0.05) is 29.4 Å². The van der Waals surface area contributed by atoms with E-state index in [0.29, 0.717) is 0 Å². The van der Waals surface area contributed by atoms with Gasteiger partial charge in [-0.1, -0.05) is 45.9 Å². The van der Waals surface area contributed by atoms with Gasteiger partial charge in [-0.25, -0.2) is 0 Å². The first-order valence-corrected chi connectivity index (χ1v) is 6.52. The summed E-state index contributed by atoms with van der Waals surface area (Å²) >= 11 is 0. The Balaban J connectivity index is 0.000000371. The molecule has 0 spiro atoms. The van der Waals surface area contributed by atoms with Crippen LogP contribution in [0.15, 0.2) is 48.9 Å². The SMILES string of the molecule is CC.CC.c1cnc2c(c1)ccc1ccncc12. The molecule has 0 aliphatic heterocycles. The predicted molar refractivity (Wildman–Crippen MR) is 79.7 cm³/mol. The maximum Gasteiger partial charge on any atom is 0.0795 e. The van der Waals surface area contributed by atoms with Gasteiger partial charge in [0.25, 0.3) is 0 Å². The largest absolute Gasteiger partial charge is 0.264 e. The lowest BCUT2D eigenvalue weighted by atomic mass is 10.1. The van der Waals surface area contributed by atoms with Crippen molar-refractivity contribution in [2.75, 3.05) is 0 Å². The minimum atomic E-state index is 1.03. The average Bonchev–Trinajstić information content (AvgIpc) is 2.51. The van der Waals surface area contributed by atoms with Crippen LogP contribution in [0.4, 0.5) is 0 Å². The Bertz CT molecular complexity index is 548. The molecule has 0 unspecified atom stereocenters. The van der Waals surface area contributed by atoms with Crippen molar-refractivity contribution >= 4 is 21.7 Å². The van der Waals surface area contributed by atoms with Crippen LogP contribution in [0.3, 0.4) is 0 Å². The van der Waals surface area contributed by atoms with Gasteiger partial charge in [0.2, 0.25) is 0 Å². The van der Waals surface area contributed by atoms with Gasteiger partial charge in [0.15, 0.2) is 0 Å². The molecule has 0 atom stereocenters. The van der Waals surface area contributed by atoms with E-state index in [9.17, 15) is 0 Å². The molecule has 94 valence electrons. The van der Waals surface area contributed by atoms with Gasteiger partial charge in [-0.3, -0.25) is 9.97 Å². The molecule has 2 heteroatoms. The highest BCUT2D eigenvalue weighted by molar-refractivity contribution is 6.04. The molecule has 3 aromatic rings. The van der Waals surface area contributed by atoms with Crippen molar-refractivity contribution in [1.82, 2.24) is 9.97 Å². The Labute approximate surface area is 109 Å². The van der Waals surface area contributed by atoms with E-state index in [4.69, 9.17) is 0 Å². The number of fused-ring (bicyclic) bond motifs is 3. The molecule has 0 bridgehead atoms. The minimum absolute atomic E-state index is 1.03. The molecule has 0 saturated heterocycles. The summed E-state index contributed by atoms with van der Waals surface area (Å²) in [5, 5.41) is 3.46. The highest BCUT2D eigenvalue weighted by Gasteiger charge is 1.99. The third-order valence-corrected chi connectivity index (χ3v) is 2.39. The zero-order valence-corrected chi connectivity index (χ0v) is 11.5. The predicted octanol–water partition coefficient (Wildman–Crippen LogP) is 4.84. The quantitative estimate of drug-likeness (QED) is 0.526. The van der Waals surface area contributed by atoms with E-state index in [0.717, 1.165) is 16.3 Å². The van der Waals surface area contributed by atoms with Crippen LogP contribution in [0.5, 0.6) is 0 Å². The van der Waals surface area contributed by atoms with Crippen molar-refractivity contribution in [2.45, 2.75) is 27.7 Å². The summed E-state index contributed by atoms with van der Waals surface area (Å²) in [4.78, 5) is 8.49. The molecule has 0 aliphatic carbocycles. The standard InChI is InChI=1S/C12H8N2.2C2H6/c1-2-10-4-3-9-5-7-13-8-11(9)12(10)14-6-1;2*1-2/h1-8H;2*1-2H3. The molecule has 0 fully saturated rings. The molecule has 1 aromatic carbocycles. The highest BCUT2D eigenvalue weighted by atomic mass is 14.7. The minimum Gasteiger partial charge on any atom is -0.264 e. The van der Waals surface area contributed by atoms with E-state index < -0.39 is 0 Å². The smallest absolute Gasteiger partial charge is 0.0795 e. The van der Waals surface area contributed by atoms with Gasteiger partial charge in [0.05, 0.1) is 5.52 Å². The molecular formula is C16H20N2. The third kappa shape index (κ3) is 2.83. The lowest BCUT2D eigenvalue weighted by molar-refractivity contribution is 1.36. The topological polar surface area (TPSA) is 25.8 Å². The Hall–Kier alpha value is -1.96. The van der Waals surface area contributed by atoms with Crippen molar-refractivity contribution in [3.05, 3.63) is 48.9 Å². The van der Waals surface area contributed by atoms with E-state index in [1.807, 2.05) is 52.2 Å². The van der Waals surface area contributed by atoms with Gasteiger partial charge in [-0.2, -0.15) is 0 Å². The normalized spacial score (nSPS) is 9.11. The number of hydrogen-bond donors (Lipinski definition) is 0. The summed E-state index contributed by atoms with van der Waals surface area (Å²) in [6, 6.07) is 10.2. The van der Waals surface area contributed by atoms with Gasteiger partial charge in [-0.05, 0) is 17.5 Å². The van der Waals surface area contributed by atoms with Crippen LogP contribution < -0.4 is 0 Å². The Morgan fingerprint density at radius 2 is 1.50 bits per heavy atom. The fourth-order valence-corrected chi connectivity index (χ4v) is 1.71. The van der Waals surface area contributed by atoms with Crippen LogP contribution in [-0.2, 0) is 0 Å². The Kier molecular flexibility index (Phi) is 5.78. The fourth-order valence-electron chi connectivity index (χ4n) is 1.71. The van der Waals surface area contributed by atoms with Gasteiger partial charge >= 0.3 is 0 Å². The van der Waals surface area contributed by atoms with Crippen molar-refractivity contribution in [1.29, 1.82) is 0 Å². The zero-order chi connectivity index (χ0) is 13.4. The molecule has 2 aromatic heterocycles. The molecule has 2 heterocycles. The summed E-state index contributed by atoms with van der Waals surface area (Å²) in [6.45, 7) is 8.00. The van der Waals surface area contributed by atoms with Crippen molar-refractivity contribution < 1.29 is 0 Å². The average molecular weight is 240 g/mol. The van der Waals surface area contributed by atoms with E-state index in [2.05, 4.69) is 28.2 Å². The Morgan fingerprint density at radius 1 is 0.778 bits per heavy atom. The zero-order valence-electron chi connectivity index (χ0n) is 11.5. The molecule has 0 saturated carbocycles. The van der Waals surface area contributed by atoms with E-state index in [1.54, 1.807) is 6.20 Å². The summed E-state index contributed by atoms with van der Waals surface area (Å²) in [5.74, 6) is 0. The second-order valence-electron chi connectivity index (χ2n) is 3.24. The second-order valence-corrected chi connectivity index (χ2v) is 3.24. The van der Waals surface area contributed by atoms with Crippen LogP contribution in [0.1, 0.15) is 27.7 Å². The van der Waals surface area contributed by atoms with Gasteiger partial charge in [0.1, 0.15) is 0 Å². The number of hydrogen-bond acceptors (Lipinski definition) is 2. The van der Waals surface area contributed by atoms with Crippen molar-refractivity contribution in [3.63, 3.8) is 0 Å². The molecule has 18 heavy (non-hydrogen) atoms. The van der Waals surface area contributed by atoms with E-state index >= 15 is 0 Å². The maximum absolute atomic E-state index is 4.37. The van der Waals surface area contributed by atoms with Gasteiger partial charge < -0.3 is 0 Å². The summed E-state index contributed by atoms with van der Waals surface area (Å²) in [6.07, 6.45) is 5.48. The van der Waals surface area contributed by atoms with Crippen LogP contribution in [0.25, 0.3) is 21.7 Å². The van der Waals surface area contributed by atoms with Crippen LogP contribution in [0.2, 0.25) is 0 Å². The lowest BCUT2D eigenvalue weighted by Crippen LogP contribution is -1.81. The second kappa shape index (κ2) is 7.38. The number of nitrogens with zero attached hydrogens (tertiary/aromatic N) is 2. The lowest BCUT2D eigenvalue weighted by Gasteiger charge is -2.00. The van der Waals surface area contributed by atoms with Crippen LogP contribution in [0, 0.1) is 0 Å². The number of aromatic nitrogens is 2. The summed E-state index contributed by atoms with van der Waals surface area (Å²) < 4.78 is 0. The maximum atomic E-state index is 4.37. The monoisotopic (exact) mass is 240 g/mol. The first kappa shape index (κ1) is 14.1. The van der Waals surface area contributed by atoms with E-state index in [1.165, 1.54) is 5.39 Å². The van der Waals surface area contributed by atoms with Crippen molar-refractivity contribution in [3.8, 4) is 0 Å². The van der Waals surface area contributed by atoms with Crippen molar-refractivity contribution in [2.24, 2.45) is 0 Å². The summed E-state index contributed by atoms with van der Waals surface area (Å²) in [5.41, 5.74) is 1.03. The third-order valence-electron chi connectivity index (χ3n) is 2.39. The van der Waals surface area contributed by atoms with Crippen LogP contribution >= 0.6 is 0 Å². The highest BCUT2D eigenvalue weighted by Crippen LogP contribution is 2.21. The molecule has 0 amide bonds. The molecule has 0 aliphatic rings. The Morgan fingerprint density at radius 3 is 2.28 bits per heavy atom. The number of benzene rings is 1. The molecule has 0 N–H and O–H groups in total. The number of pyridine rings is 2. The number of rotatable bonds is 0. The molecular weight excluding hydrogens is 220 g/mol. The van der Waals surface area contributed by atoms with E-state index in [-0.39, 0.29) is 0 Å². The summed E-state index contributed by atoms with van der Waals surface area (Å²) in [7, 11) is 0. The molecule has 3 rings (SSSR count). The molecule has 0 radical (unpaired) electrons. The first-order chi connectivity index (χ1) is 8.95. The first-order valence-electron chi connectivity index (χ1n) is 6.52.